The summed E-state index contributed by atoms with van der Waals surface area (Å²) in [4.78, 5) is 50.4. The molecule has 4 amide bonds. The van der Waals surface area contributed by atoms with Gasteiger partial charge in [-0.05, 0) is 82.2 Å². The van der Waals surface area contributed by atoms with Crippen molar-refractivity contribution in [3.8, 4) is 11.5 Å². The number of hydrogen-bond donors (Lipinski definition) is 2. The summed E-state index contributed by atoms with van der Waals surface area (Å²) >= 11 is 0. The van der Waals surface area contributed by atoms with Crippen LogP contribution < -0.4 is 20.7 Å². The lowest BCUT2D eigenvalue weighted by Crippen LogP contribution is -2.62. The molecular weight excluding hydrogens is 632 g/mol. The lowest BCUT2D eigenvalue weighted by Gasteiger charge is -2.49. The molecule has 2 aromatic carbocycles. The Morgan fingerprint density at radius 2 is 1.64 bits per heavy atom. The molecule has 0 atom stereocenters. The predicted octanol–water partition coefficient (Wildman–Crippen LogP) is 4.75. The molecule has 3 heterocycles. The van der Waals surface area contributed by atoms with Crippen LogP contribution in [0.3, 0.4) is 0 Å². The maximum atomic E-state index is 15.6. The summed E-state index contributed by atoms with van der Waals surface area (Å²) in [7, 11) is 4.20. The number of nitrogens with one attached hydrogen (secondary N) is 1. The quantitative estimate of drug-likeness (QED) is 0.315. The number of halogens is 3. The van der Waals surface area contributed by atoms with E-state index in [-0.39, 0.29) is 54.2 Å². The van der Waals surface area contributed by atoms with Gasteiger partial charge >= 0.3 is 6.03 Å². The summed E-state index contributed by atoms with van der Waals surface area (Å²) in [6.07, 6.45) is 3.80. The number of primary amides is 1. The van der Waals surface area contributed by atoms with Crippen LogP contribution in [-0.4, -0.2) is 89.9 Å². The van der Waals surface area contributed by atoms with Crippen LogP contribution in [0.4, 0.5) is 30.8 Å². The number of likely N-dealkylation sites (tertiary alicyclic amines) is 2. The molecular formula is C33H38ClF2N7O4. The fraction of sp³-hybridized carbons (Fsp3) is 0.394. The normalized spacial score (nSPS) is 17.8. The van der Waals surface area contributed by atoms with E-state index in [0.29, 0.717) is 30.9 Å². The number of hydrogen-bond acceptors (Lipinski definition) is 7. The van der Waals surface area contributed by atoms with Crippen LogP contribution >= 0.6 is 12.4 Å². The number of amides is 4. The first-order valence-corrected chi connectivity index (χ1v) is 15.3. The molecule has 2 saturated heterocycles. The van der Waals surface area contributed by atoms with Gasteiger partial charge in [0.2, 0.25) is 11.8 Å². The van der Waals surface area contributed by atoms with Gasteiger partial charge in [-0.25, -0.2) is 18.6 Å². The second-order valence-corrected chi connectivity index (χ2v) is 12.4. The van der Waals surface area contributed by atoms with E-state index >= 15 is 4.39 Å². The van der Waals surface area contributed by atoms with Crippen LogP contribution in [0, 0.1) is 17.0 Å². The van der Waals surface area contributed by atoms with E-state index in [1.165, 1.54) is 36.5 Å². The van der Waals surface area contributed by atoms with E-state index in [1.807, 2.05) is 0 Å². The van der Waals surface area contributed by atoms with Crippen molar-refractivity contribution in [1.82, 2.24) is 19.7 Å². The maximum absolute atomic E-state index is 15.6. The van der Waals surface area contributed by atoms with E-state index in [0.717, 1.165) is 49.0 Å². The Kier molecular flexibility index (Phi) is 9.99. The number of urea groups is 1. The largest absolute Gasteiger partial charge is 0.457 e. The van der Waals surface area contributed by atoms with Crippen molar-refractivity contribution in [3.05, 3.63) is 72.4 Å². The van der Waals surface area contributed by atoms with E-state index < -0.39 is 28.9 Å². The second kappa shape index (κ2) is 13.8. The zero-order valence-electron chi connectivity index (χ0n) is 26.2. The van der Waals surface area contributed by atoms with Gasteiger partial charge in [-0.2, -0.15) is 0 Å². The number of carbonyl (C=O) groups is 3. The van der Waals surface area contributed by atoms with E-state index in [2.05, 4.69) is 34.2 Å². The van der Waals surface area contributed by atoms with E-state index in [4.69, 9.17) is 10.5 Å². The summed E-state index contributed by atoms with van der Waals surface area (Å²) in [6, 6.07) is 12.8. The average molecular weight is 670 g/mol. The molecule has 0 unspecified atom stereocenters. The minimum atomic E-state index is -1.44. The molecule has 3 fully saturated rings. The van der Waals surface area contributed by atoms with Gasteiger partial charge in [-0.3, -0.25) is 24.7 Å². The lowest BCUT2D eigenvalue weighted by atomic mass is 9.97. The van der Waals surface area contributed by atoms with Gasteiger partial charge in [0.15, 0.2) is 5.82 Å². The van der Waals surface area contributed by atoms with Crippen molar-refractivity contribution < 1.29 is 27.9 Å². The Hall–Kier alpha value is -4.33. The lowest BCUT2D eigenvalue weighted by molar-refractivity contribution is -0.133. The predicted molar refractivity (Wildman–Crippen MR) is 175 cm³/mol. The van der Waals surface area contributed by atoms with E-state index in [9.17, 15) is 18.8 Å². The van der Waals surface area contributed by atoms with Gasteiger partial charge in [0.25, 0.3) is 0 Å². The van der Waals surface area contributed by atoms with Gasteiger partial charge < -0.3 is 20.3 Å². The van der Waals surface area contributed by atoms with Crippen molar-refractivity contribution in [2.24, 2.45) is 11.1 Å². The minimum Gasteiger partial charge on any atom is -0.457 e. The molecule has 0 radical (unpaired) electrons. The number of pyridine rings is 1. The SMILES string of the molecule is CN(C)C1CN(C2CCN(C(=O)Nc3cc(Oc4ccc(N(C(=O)C5(C(N)=O)CC5)c5ccc(F)cc5)c(F)c4)ccn3)CC2)C1.Cl. The number of anilines is 3. The van der Waals surface area contributed by atoms with Crippen molar-refractivity contribution >= 4 is 47.4 Å². The van der Waals surface area contributed by atoms with Crippen LogP contribution in [-0.2, 0) is 9.59 Å². The minimum absolute atomic E-state index is 0. The number of nitrogens with zero attached hydrogens (tertiary/aromatic N) is 5. The molecule has 1 aromatic heterocycles. The molecule has 47 heavy (non-hydrogen) atoms. The maximum Gasteiger partial charge on any atom is 0.323 e. The van der Waals surface area contributed by atoms with Crippen LogP contribution in [0.15, 0.2) is 60.8 Å². The van der Waals surface area contributed by atoms with Crippen molar-refractivity contribution in [1.29, 1.82) is 0 Å². The van der Waals surface area contributed by atoms with Crippen LogP contribution in [0.25, 0.3) is 0 Å². The fourth-order valence-corrected chi connectivity index (χ4v) is 6.01. The smallest absolute Gasteiger partial charge is 0.323 e. The summed E-state index contributed by atoms with van der Waals surface area (Å²) in [5.41, 5.74) is 4.13. The molecule has 0 spiro atoms. The molecule has 2 aliphatic heterocycles. The molecule has 14 heteroatoms. The molecule has 3 N–H and O–H groups in total. The standard InChI is InChI=1S/C33H37F2N7O4.ClH/c1-39(2)24-19-41(20-24)22-10-15-40(16-11-22)32(45)38-29-18-26(9-14-37-29)46-25-7-8-28(27(35)17-25)42(23-5-3-21(34)4-6-23)31(44)33(12-13-33)30(36)43;/h3-9,14,17-18,22,24H,10-13,15-16,19-20H2,1-2H3,(H2,36,43)(H,37,38,45);1H. The molecule has 1 saturated carbocycles. The van der Waals surface area contributed by atoms with Crippen molar-refractivity contribution in [2.75, 3.05) is 50.5 Å². The number of ether oxygens (including phenoxy) is 1. The summed E-state index contributed by atoms with van der Waals surface area (Å²) in [5.74, 6) is -2.10. The Morgan fingerprint density at radius 3 is 2.23 bits per heavy atom. The zero-order valence-corrected chi connectivity index (χ0v) is 27.0. The van der Waals surface area contributed by atoms with Crippen LogP contribution in [0.1, 0.15) is 25.7 Å². The number of benzene rings is 2. The topological polar surface area (TPSA) is 124 Å². The van der Waals surface area contributed by atoms with Gasteiger partial charge in [-0.1, -0.05) is 0 Å². The fourth-order valence-electron chi connectivity index (χ4n) is 6.01. The first-order valence-electron chi connectivity index (χ1n) is 15.3. The number of rotatable bonds is 9. The highest BCUT2D eigenvalue weighted by Gasteiger charge is 2.57. The first-order chi connectivity index (χ1) is 22.0. The highest BCUT2D eigenvalue weighted by atomic mass is 35.5. The van der Waals surface area contributed by atoms with Crippen LogP contribution in [0.2, 0.25) is 0 Å². The summed E-state index contributed by atoms with van der Waals surface area (Å²) < 4.78 is 35.1. The Labute approximate surface area is 278 Å². The molecule has 3 aromatic rings. The number of piperidine rings is 1. The average Bonchev–Trinajstić information content (AvgIpc) is 3.81. The molecule has 3 aliphatic rings. The van der Waals surface area contributed by atoms with Gasteiger partial charge in [0.1, 0.15) is 28.5 Å². The number of nitrogens with two attached hydrogens (primary N) is 1. The third-order valence-corrected chi connectivity index (χ3v) is 9.17. The zero-order chi connectivity index (χ0) is 32.6. The number of carbonyl (C=O) groups excluding carboxylic acids is 3. The molecule has 0 bridgehead atoms. The molecule has 250 valence electrons. The van der Waals surface area contributed by atoms with Gasteiger partial charge in [-0.15, -0.1) is 12.4 Å². The highest BCUT2D eigenvalue weighted by molar-refractivity contribution is 6.16. The first kappa shape index (κ1) is 34.0. The summed E-state index contributed by atoms with van der Waals surface area (Å²) in [5, 5.41) is 2.82. The molecule has 1 aliphatic carbocycles. The molecule has 6 rings (SSSR count). The van der Waals surface area contributed by atoms with Gasteiger partial charge in [0, 0.05) is 62.3 Å². The number of aromatic nitrogens is 1. The van der Waals surface area contributed by atoms with Crippen LogP contribution in [0.5, 0.6) is 11.5 Å². The Bertz CT molecular complexity index is 1630. The summed E-state index contributed by atoms with van der Waals surface area (Å²) in [6.45, 7) is 3.43. The Balaban J connectivity index is 0.00000433. The van der Waals surface area contributed by atoms with Crippen molar-refractivity contribution in [3.63, 3.8) is 0 Å². The van der Waals surface area contributed by atoms with Gasteiger partial charge in [0.05, 0.1) is 5.69 Å². The second-order valence-electron chi connectivity index (χ2n) is 12.4. The van der Waals surface area contributed by atoms with E-state index in [1.54, 1.807) is 11.0 Å². The molecule has 11 nitrogen and oxygen atoms in total. The third kappa shape index (κ3) is 7.16. The van der Waals surface area contributed by atoms with Crippen molar-refractivity contribution in [2.45, 2.75) is 37.8 Å². The monoisotopic (exact) mass is 669 g/mol. The number of likely N-dealkylation sites (N-methyl/N-ethyl adjacent to an activating group) is 1. The Morgan fingerprint density at radius 1 is 0.979 bits per heavy atom. The highest BCUT2D eigenvalue weighted by Crippen LogP contribution is 2.49. The third-order valence-electron chi connectivity index (χ3n) is 9.17.